The molecule has 2 aromatic carbocycles. The average molecular weight is 397 g/mol. The first kappa shape index (κ1) is 18.4. The Labute approximate surface area is 174 Å². The van der Waals surface area contributed by atoms with Gasteiger partial charge in [0.1, 0.15) is 0 Å². The highest BCUT2D eigenvalue weighted by Crippen LogP contribution is 2.23. The Kier molecular flexibility index (Phi) is 4.89. The summed E-state index contributed by atoms with van der Waals surface area (Å²) in [4.78, 5) is 24.1. The molecule has 1 fully saturated rings. The lowest BCUT2D eigenvalue weighted by atomic mass is 10.1. The molecule has 0 atom stereocenters. The minimum Gasteiger partial charge on any atom is -0.372 e. The summed E-state index contributed by atoms with van der Waals surface area (Å²) >= 11 is 0. The third-order valence-corrected chi connectivity index (χ3v) is 5.49. The van der Waals surface area contributed by atoms with E-state index in [1.165, 1.54) is 24.9 Å². The summed E-state index contributed by atoms with van der Waals surface area (Å²) in [5.41, 5.74) is 3.40. The van der Waals surface area contributed by atoms with Crippen molar-refractivity contribution < 1.29 is 0 Å². The molecule has 0 unspecified atom stereocenters. The quantitative estimate of drug-likeness (QED) is 0.549. The van der Waals surface area contributed by atoms with E-state index in [-0.39, 0.29) is 5.56 Å². The van der Waals surface area contributed by atoms with Crippen LogP contribution in [0.3, 0.4) is 0 Å². The van der Waals surface area contributed by atoms with Crippen molar-refractivity contribution in [3.05, 3.63) is 83.3 Å². The van der Waals surface area contributed by atoms with E-state index in [2.05, 4.69) is 32.3 Å². The zero-order valence-electron chi connectivity index (χ0n) is 16.7. The Hall–Kier alpha value is -3.67. The number of aromatic nitrogens is 3. The van der Waals surface area contributed by atoms with Gasteiger partial charge in [0.2, 0.25) is 5.95 Å². The van der Waals surface area contributed by atoms with Crippen LogP contribution in [-0.4, -0.2) is 27.6 Å². The van der Waals surface area contributed by atoms with Crippen molar-refractivity contribution in [1.82, 2.24) is 14.5 Å². The van der Waals surface area contributed by atoms with Gasteiger partial charge in [-0.15, -0.1) is 0 Å². The molecule has 0 bridgehead atoms. The molecule has 6 nitrogen and oxygen atoms in total. The average Bonchev–Trinajstić information content (AvgIpc) is 2.80. The van der Waals surface area contributed by atoms with Gasteiger partial charge in [-0.2, -0.15) is 4.98 Å². The van der Waals surface area contributed by atoms with E-state index in [1.807, 2.05) is 42.5 Å². The minimum absolute atomic E-state index is 0.121. The molecule has 1 aliphatic heterocycles. The molecule has 1 saturated heterocycles. The van der Waals surface area contributed by atoms with Crippen LogP contribution >= 0.6 is 0 Å². The predicted molar refractivity (Wildman–Crippen MR) is 121 cm³/mol. The Morgan fingerprint density at radius 1 is 0.800 bits per heavy atom. The molecular formula is C24H23N5O. The van der Waals surface area contributed by atoms with Crippen molar-refractivity contribution in [3.63, 3.8) is 0 Å². The van der Waals surface area contributed by atoms with Crippen LogP contribution in [0.25, 0.3) is 16.7 Å². The maximum atomic E-state index is 12.6. The Morgan fingerprint density at radius 2 is 1.57 bits per heavy atom. The van der Waals surface area contributed by atoms with Crippen LogP contribution in [0.15, 0.2) is 77.7 Å². The molecule has 2 aromatic heterocycles. The van der Waals surface area contributed by atoms with E-state index in [1.54, 1.807) is 22.9 Å². The van der Waals surface area contributed by atoms with E-state index in [0.29, 0.717) is 11.6 Å². The number of para-hydroxylation sites is 1. The van der Waals surface area contributed by atoms with Crippen molar-refractivity contribution in [3.8, 4) is 5.69 Å². The molecule has 150 valence electrons. The summed E-state index contributed by atoms with van der Waals surface area (Å²) in [5.74, 6) is 0.462. The number of rotatable bonds is 4. The number of anilines is 3. The first-order chi connectivity index (χ1) is 14.8. The summed E-state index contributed by atoms with van der Waals surface area (Å²) in [6, 6.07) is 21.2. The Balaban J connectivity index is 1.46. The van der Waals surface area contributed by atoms with Crippen LogP contribution in [-0.2, 0) is 0 Å². The topological polar surface area (TPSA) is 63.1 Å². The van der Waals surface area contributed by atoms with Gasteiger partial charge < -0.3 is 10.2 Å². The summed E-state index contributed by atoms with van der Waals surface area (Å²) in [6.45, 7) is 2.25. The molecule has 3 heterocycles. The number of nitrogens with zero attached hydrogens (tertiary/aromatic N) is 4. The van der Waals surface area contributed by atoms with Crippen molar-refractivity contribution in [2.45, 2.75) is 19.3 Å². The van der Waals surface area contributed by atoms with Crippen LogP contribution in [0.1, 0.15) is 19.3 Å². The first-order valence-electron chi connectivity index (χ1n) is 10.3. The number of hydrogen-bond acceptors (Lipinski definition) is 5. The van der Waals surface area contributed by atoms with Crippen molar-refractivity contribution >= 4 is 28.4 Å². The van der Waals surface area contributed by atoms with Gasteiger partial charge in [0.25, 0.3) is 5.56 Å². The number of benzene rings is 2. The van der Waals surface area contributed by atoms with Gasteiger partial charge in [0, 0.05) is 42.1 Å². The van der Waals surface area contributed by atoms with E-state index < -0.39 is 0 Å². The van der Waals surface area contributed by atoms with Gasteiger partial charge >= 0.3 is 0 Å². The van der Waals surface area contributed by atoms with Crippen molar-refractivity contribution in [2.75, 3.05) is 23.3 Å². The summed E-state index contributed by atoms with van der Waals surface area (Å²) in [6.07, 6.45) is 5.58. The van der Waals surface area contributed by atoms with Gasteiger partial charge in [-0.05, 0) is 61.7 Å². The summed E-state index contributed by atoms with van der Waals surface area (Å²) in [7, 11) is 0. The molecule has 4 aromatic rings. The molecular weight excluding hydrogens is 374 g/mol. The fourth-order valence-electron chi connectivity index (χ4n) is 3.94. The van der Waals surface area contributed by atoms with E-state index in [4.69, 9.17) is 0 Å². The molecule has 1 N–H and O–H groups in total. The first-order valence-corrected chi connectivity index (χ1v) is 10.3. The third-order valence-electron chi connectivity index (χ3n) is 5.49. The monoisotopic (exact) mass is 397 g/mol. The van der Waals surface area contributed by atoms with Gasteiger partial charge in [0.05, 0.1) is 5.69 Å². The van der Waals surface area contributed by atoms with Gasteiger partial charge in [-0.25, -0.2) is 4.98 Å². The van der Waals surface area contributed by atoms with Crippen LogP contribution in [0, 0.1) is 0 Å². The van der Waals surface area contributed by atoms with Crippen molar-refractivity contribution in [1.29, 1.82) is 0 Å². The zero-order valence-corrected chi connectivity index (χ0v) is 16.7. The number of pyridine rings is 1. The summed E-state index contributed by atoms with van der Waals surface area (Å²) in [5, 5.41) is 4.08. The standard InChI is InChI=1S/C24H23N5O/c30-22-14-9-18-17-25-24(27-23(18)29(22)21-7-3-1-4-8-21)26-19-10-12-20(13-11-19)28-15-5-2-6-16-28/h1,3-4,7-14,17H,2,5-6,15-16H2,(H,25,26,27). The number of fused-ring (bicyclic) bond motifs is 1. The van der Waals surface area contributed by atoms with Gasteiger partial charge in [-0.1, -0.05) is 18.2 Å². The molecule has 30 heavy (non-hydrogen) atoms. The normalized spacial score (nSPS) is 14.1. The highest BCUT2D eigenvalue weighted by Gasteiger charge is 2.11. The third kappa shape index (κ3) is 3.64. The molecule has 6 heteroatoms. The zero-order chi connectivity index (χ0) is 20.3. The second kappa shape index (κ2) is 7.99. The SMILES string of the molecule is O=c1ccc2cnc(Nc3ccc(N4CCCCC4)cc3)nc2n1-c1ccccc1. The number of nitrogens with one attached hydrogen (secondary N) is 1. The number of hydrogen-bond donors (Lipinski definition) is 1. The summed E-state index contributed by atoms with van der Waals surface area (Å²) < 4.78 is 1.61. The lowest BCUT2D eigenvalue weighted by Crippen LogP contribution is -2.29. The fourth-order valence-corrected chi connectivity index (χ4v) is 3.94. The minimum atomic E-state index is -0.121. The molecule has 1 aliphatic rings. The molecule has 0 aliphatic carbocycles. The smallest absolute Gasteiger partial charge is 0.256 e. The highest BCUT2D eigenvalue weighted by atomic mass is 16.1. The van der Waals surface area contributed by atoms with Gasteiger partial charge in [-0.3, -0.25) is 9.36 Å². The van der Waals surface area contributed by atoms with Crippen LogP contribution in [0.5, 0.6) is 0 Å². The second-order valence-corrected chi connectivity index (χ2v) is 7.53. The van der Waals surface area contributed by atoms with Crippen LogP contribution < -0.4 is 15.8 Å². The molecule has 0 spiro atoms. The maximum Gasteiger partial charge on any atom is 0.256 e. The Morgan fingerprint density at radius 3 is 2.33 bits per heavy atom. The largest absolute Gasteiger partial charge is 0.372 e. The molecule has 0 radical (unpaired) electrons. The Bertz CT molecular complexity index is 1210. The lowest BCUT2D eigenvalue weighted by molar-refractivity contribution is 0.578. The molecule has 5 rings (SSSR count). The van der Waals surface area contributed by atoms with E-state index >= 15 is 0 Å². The van der Waals surface area contributed by atoms with Gasteiger partial charge in [0.15, 0.2) is 5.65 Å². The van der Waals surface area contributed by atoms with E-state index in [9.17, 15) is 4.79 Å². The maximum absolute atomic E-state index is 12.6. The second-order valence-electron chi connectivity index (χ2n) is 7.53. The molecule has 0 amide bonds. The predicted octanol–water partition coefficient (Wildman–Crippen LogP) is 4.51. The number of piperidine rings is 1. The molecule has 0 saturated carbocycles. The highest BCUT2D eigenvalue weighted by molar-refractivity contribution is 5.77. The van der Waals surface area contributed by atoms with Crippen molar-refractivity contribution in [2.24, 2.45) is 0 Å². The van der Waals surface area contributed by atoms with Crippen LogP contribution in [0.4, 0.5) is 17.3 Å². The fraction of sp³-hybridized carbons (Fsp3) is 0.208. The van der Waals surface area contributed by atoms with E-state index in [0.717, 1.165) is 29.9 Å². The lowest BCUT2D eigenvalue weighted by Gasteiger charge is -2.28. The van der Waals surface area contributed by atoms with Crippen LogP contribution in [0.2, 0.25) is 0 Å².